The Balaban J connectivity index is 1.35. The van der Waals surface area contributed by atoms with Crippen LogP contribution >= 0.6 is 0 Å². The lowest BCUT2D eigenvalue weighted by Gasteiger charge is -2.29. The zero-order valence-corrected chi connectivity index (χ0v) is 15.7. The Hall–Kier alpha value is -2.39. The fraction of sp³-hybridized carbons (Fsp3) is 0.579. The molecule has 3 fully saturated rings. The van der Waals surface area contributed by atoms with E-state index in [2.05, 4.69) is 10.6 Å². The lowest BCUT2D eigenvalue weighted by Crippen LogP contribution is -2.38. The number of morpholine rings is 1. The summed E-state index contributed by atoms with van der Waals surface area (Å²) in [7, 11) is 0. The molecule has 8 nitrogen and oxygen atoms in total. The summed E-state index contributed by atoms with van der Waals surface area (Å²) in [6.07, 6.45) is -0.162. The maximum atomic E-state index is 14.6. The molecule has 4 rings (SSSR count). The molecule has 9 heteroatoms. The highest BCUT2D eigenvalue weighted by Crippen LogP contribution is 2.28. The summed E-state index contributed by atoms with van der Waals surface area (Å²) in [5, 5.41) is 6.00. The van der Waals surface area contributed by atoms with Gasteiger partial charge in [0.15, 0.2) is 0 Å². The molecule has 2 atom stereocenters. The molecule has 2 N–H and O–H groups in total. The first-order valence-corrected chi connectivity index (χ1v) is 9.70. The van der Waals surface area contributed by atoms with Crippen molar-refractivity contribution in [1.29, 1.82) is 0 Å². The van der Waals surface area contributed by atoms with E-state index in [-0.39, 0.29) is 30.7 Å². The summed E-state index contributed by atoms with van der Waals surface area (Å²) >= 11 is 0. The fourth-order valence-electron chi connectivity index (χ4n) is 3.80. The number of ether oxygens (including phenoxy) is 2. The second-order valence-electron chi connectivity index (χ2n) is 7.29. The molecule has 1 aromatic carbocycles. The molecule has 0 radical (unpaired) electrons. The van der Waals surface area contributed by atoms with Gasteiger partial charge in [-0.2, -0.15) is 0 Å². The minimum Gasteiger partial charge on any atom is -0.442 e. The average molecular weight is 392 g/mol. The van der Waals surface area contributed by atoms with Crippen molar-refractivity contribution in [3.05, 3.63) is 24.0 Å². The van der Waals surface area contributed by atoms with Gasteiger partial charge in [0, 0.05) is 19.6 Å². The first-order valence-electron chi connectivity index (χ1n) is 9.70. The van der Waals surface area contributed by atoms with Crippen LogP contribution in [0.25, 0.3) is 0 Å². The first kappa shape index (κ1) is 18.9. The minimum atomic E-state index is -0.527. The number of carbonyl (C=O) groups is 2. The predicted octanol–water partition coefficient (Wildman–Crippen LogP) is 0.713. The van der Waals surface area contributed by atoms with Gasteiger partial charge in [-0.3, -0.25) is 9.69 Å². The number of cyclic esters (lactones) is 1. The van der Waals surface area contributed by atoms with Gasteiger partial charge < -0.3 is 25.0 Å². The number of carbonyl (C=O) groups excluding carboxylic acids is 2. The monoisotopic (exact) mass is 392 g/mol. The summed E-state index contributed by atoms with van der Waals surface area (Å²) in [5.74, 6) is -0.437. The van der Waals surface area contributed by atoms with E-state index in [1.807, 2.05) is 4.90 Å². The predicted molar refractivity (Wildman–Crippen MR) is 101 cm³/mol. The van der Waals surface area contributed by atoms with E-state index in [4.69, 9.17) is 9.47 Å². The molecular weight excluding hydrogens is 367 g/mol. The quantitative estimate of drug-likeness (QED) is 0.768. The average Bonchev–Trinajstić information content (AvgIpc) is 3.37. The summed E-state index contributed by atoms with van der Waals surface area (Å²) in [5.41, 5.74) is 0.960. The van der Waals surface area contributed by atoms with Crippen LogP contribution in [0.3, 0.4) is 0 Å². The Labute approximate surface area is 162 Å². The lowest BCUT2D eigenvalue weighted by molar-refractivity contribution is -0.124. The van der Waals surface area contributed by atoms with Gasteiger partial charge in [0.2, 0.25) is 5.91 Å². The maximum absolute atomic E-state index is 14.6. The SMILES string of the molecule is O=C(NC[C@H]1CN(c2ccc(N3CCOCC3)c(F)c2)C(=O)O1)[C@@H]1CCNC1. The molecular formula is C19H25FN4O4. The molecule has 0 aliphatic carbocycles. The van der Waals surface area contributed by atoms with Crippen molar-refractivity contribution in [3.63, 3.8) is 0 Å². The molecule has 0 aromatic heterocycles. The van der Waals surface area contributed by atoms with Crippen LogP contribution in [0.1, 0.15) is 6.42 Å². The van der Waals surface area contributed by atoms with Gasteiger partial charge >= 0.3 is 6.09 Å². The fourth-order valence-corrected chi connectivity index (χ4v) is 3.80. The van der Waals surface area contributed by atoms with Gasteiger partial charge in [0.05, 0.1) is 43.6 Å². The van der Waals surface area contributed by atoms with Crippen molar-refractivity contribution < 1.29 is 23.5 Å². The van der Waals surface area contributed by atoms with E-state index in [1.165, 1.54) is 11.0 Å². The van der Waals surface area contributed by atoms with Crippen LogP contribution in [-0.4, -0.2) is 70.6 Å². The van der Waals surface area contributed by atoms with E-state index >= 15 is 0 Å². The molecule has 0 saturated carbocycles. The molecule has 28 heavy (non-hydrogen) atoms. The van der Waals surface area contributed by atoms with Crippen LogP contribution in [0.4, 0.5) is 20.6 Å². The van der Waals surface area contributed by atoms with E-state index < -0.39 is 12.2 Å². The third kappa shape index (κ3) is 4.05. The number of rotatable bonds is 5. The standard InChI is InChI=1S/C19H25FN4O4/c20-16-9-14(1-2-17(16)23-5-7-27-8-6-23)24-12-15(28-19(24)26)11-22-18(25)13-3-4-21-10-13/h1-2,9,13,15,21H,3-8,10-12H2,(H,22,25)/t13-,15+/m1/s1. The van der Waals surface area contributed by atoms with E-state index in [1.54, 1.807) is 12.1 Å². The number of amides is 2. The van der Waals surface area contributed by atoms with E-state index in [0.717, 1.165) is 13.0 Å². The van der Waals surface area contributed by atoms with Crippen LogP contribution in [0.15, 0.2) is 18.2 Å². The van der Waals surface area contributed by atoms with Crippen LogP contribution in [0, 0.1) is 11.7 Å². The van der Waals surface area contributed by atoms with Gasteiger partial charge in [-0.05, 0) is 31.2 Å². The van der Waals surface area contributed by atoms with Crippen LogP contribution in [-0.2, 0) is 14.3 Å². The van der Waals surface area contributed by atoms with Gasteiger partial charge in [0.1, 0.15) is 11.9 Å². The molecule has 2 amide bonds. The van der Waals surface area contributed by atoms with Crippen molar-refractivity contribution in [2.24, 2.45) is 5.92 Å². The van der Waals surface area contributed by atoms with Crippen molar-refractivity contribution in [1.82, 2.24) is 10.6 Å². The molecule has 1 aromatic rings. The number of hydrogen-bond acceptors (Lipinski definition) is 6. The number of nitrogens with zero attached hydrogens (tertiary/aromatic N) is 2. The Morgan fingerprint density at radius 1 is 1.32 bits per heavy atom. The third-order valence-electron chi connectivity index (χ3n) is 5.40. The third-order valence-corrected chi connectivity index (χ3v) is 5.40. The Morgan fingerprint density at radius 2 is 2.14 bits per heavy atom. The maximum Gasteiger partial charge on any atom is 0.414 e. The molecule has 0 unspecified atom stereocenters. The van der Waals surface area contributed by atoms with E-state index in [9.17, 15) is 14.0 Å². The van der Waals surface area contributed by atoms with Crippen LogP contribution in [0.5, 0.6) is 0 Å². The Kier molecular flexibility index (Phi) is 5.63. The van der Waals surface area contributed by atoms with Crippen molar-refractivity contribution in [2.75, 3.05) is 62.3 Å². The number of nitrogens with one attached hydrogen (secondary N) is 2. The molecule has 3 aliphatic rings. The molecule has 152 valence electrons. The summed E-state index contributed by atoms with van der Waals surface area (Å²) in [6, 6.07) is 4.77. The van der Waals surface area contributed by atoms with Gasteiger partial charge in [-0.1, -0.05) is 0 Å². The number of halogens is 1. The van der Waals surface area contributed by atoms with Crippen molar-refractivity contribution >= 4 is 23.4 Å². The smallest absolute Gasteiger partial charge is 0.414 e. The van der Waals surface area contributed by atoms with Crippen LogP contribution < -0.4 is 20.4 Å². The Bertz CT molecular complexity index is 735. The van der Waals surface area contributed by atoms with Gasteiger partial charge in [-0.25, -0.2) is 9.18 Å². The normalized spacial score (nSPS) is 25.1. The van der Waals surface area contributed by atoms with Gasteiger partial charge in [-0.15, -0.1) is 0 Å². The highest BCUT2D eigenvalue weighted by Gasteiger charge is 2.34. The minimum absolute atomic E-state index is 0.0274. The second-order valence-corrected chi connectivity index (χ2v) is 7.29. The Morgan fingerprint density at radius 3 is 2.86 bits per heavy atom. The lowest BCUT2D eigenvalue weighted by atomic mass is 10.1. The number of anilines is 2. The summed E-state index contributed by atoms with van der Waals surface area (Å²) in [4.78, 5) is 27.6. The largest absolute Gasteiger partial charge is 0.442 e. The highest BCUT2D eigenvalue weighted by molar-refractivity contribution is 5.90. The molecule has 3 saturated heterocycles. The second kappa shape index (κ2) is 8.32. The molecule has 0 spiro atoms. The number of hydrogen-bond donors (Lipinski definition) is 2. The summed E-state index contributed by atoms with van der Waals surface area (Å²) < 4.78 is 25.2. The van der Waals surface area contributed by atoms with E-state index in [0.29, 0.717) is 44.2 Å². The van der Waals surface area contributed by atoms with Gasteiger partial charge in [0.25, 0.3) is 0 Å². The summed E-state index contributed by atoms with van der Waals surface area (Å²) in [6.45, 7) is 4.48. The number of benzene rings is 1. The molecule has 3 aliphatic heterocycles. The molecule has 3 heterocycles. The highest BCUT2D eigenvalue weighted by atomic mass is 19.1. The first-order chi connectivity index (χ1) is 13.6. The van der Waals surface area contributed by atoms with Crippen LogP contribution in [0.2, 0.25) is 0 Å². The topological polar surface area (TPSA) is 83.1 Å². The van der Waals surface area contributed by atoms with Crippen molar-refractivity contribution in [2.45, 2.75) is 12.5 Å². The molecule has 0 bridgehead atoms. The van der Waals surface area contributed by atoms with Crippen molar-refractivity contribution in [3.8, 4) is 0 Å². The zero-order chi connectivity index (χ0) is 19.5. The zero-order valence-electron chi connectivity index (χ0n) is 15.7.